The van der Waals surface area contributed by atoms with Gasteiger partial charge in [0.15, 0.2) is 5.13 Å². The Balaban J connectivity index is 1.82. The zero-order chi connectivity index (χ0) is 19.1. The van der Waals surface area contributed by atoms with E-state index in [1.54, 1.807) is 18.1 Å². The molecule has 0 fully saturated rings. The molecule has 0 unspecified atom stereocenters. The predicted octanol–water partition coefficient (Wildman–Crippen LogP) is 2.78. The van der Waals surface area contributed by atoms with E-state index < -0.39 is 0 Å². The summed E-state index contributed by atoms with van der Waals surface area (Å²) >= 11 is 7.42. The molecule has 1 heterocycles. The summed E-state index contributed by atoms with van der Waals surface area (Å²) in [5.74, 6) is -0.304. The van der Waals surface area contributed by atoms with Gasteiger partial charge >= 0.3 is 0 Å². The van der Waals surface area contributed by atoms with Crippen LogP contribution < -0.4 is 10.6 Å². The van der Waals surface area contributed by atoms with E-state index in [1.807, 2.05) is 38.1 Å². The number of amides is 2. The van der Waals surface area contributed by atoms with Gasteiger partial charge in [0, 0.05) is 28.6 Å². The summed E-state index contributed by atoms with van der Waals surface area (Å²) in [6.45, 7) is 4.08. The summed E-state index contributed by atoms with van der Waals surface area (Å²) < 4.78 is 0. The summed E-state index contributed by atoms with van der Waals surface area (Å²) in [5.41, 5.74) is 1.09. The zero-order valence-electron chi connectivity index (χ0n) is 15.1. The number of benzene rings is 1. The van der Waals surface area contributed by atoms with Gasteiger partial charge in [0.05, 0.1) is 13.1 Å². The number of hydrogen-bond donors (Lipinski definition) is 2. The molecule has 0 aliphatic heterocycles. The van der Waals surface area contributed by atoms with Crippen LogP contribution in [0.4, 0.5) is 5.13 Å². The second-order valence-corrected chi connectivity index (χ2v) is 7.93. The molecule has 2 aromatic rings. The van der Waals surface area contributed by atoms with Gasteiger partial charge in [-0.05, 0) is 38.6 Å². The van der Waals surface area contributed by atoms with Crippen LogP contribution >= 0.6 is 22.9 Å². The van der Waals surface area contributed by atoms with E-state index in [1.165, 1.54) is 11.3 Å². The normalized spacial score (nSPS) is 11.0. The summed E-state index contributed by atoms with van der Waals surface area (Å²) in [4.78, 5) is 30.7. The molecule has 2 rings (SSSR count). The Morgan fingerprint density at radius 2 is 2.00 bits per heavy atom. The molecule has 0 bridgehead atoms. The molecule has 140 valence electrons. The molecule has 2 N–H and O–H groups in total. The number of nitrogens with one attached hydrogen (secondary N) is 2. The lowest BCUT2D eigenvalue weighted by Gasteiger charge is -2.16. The Bertz CT molecular complexity index is 763. The Morgan fingerprint density at radius 3 is 2.69 bits per heavy atom. The maximum absolute atomic E-state index is 12.1. The number of hydrogen-bond acceptors (Lipinski definition) is 5. The number of anilines is 1. The van der Waals surface area contributed by atoms with Gasteiger partial charge in [-0.3, -0.25) is 14.5 Å². The van der Waals surface area contributed by atoms with Crippen LogP contribution in [0.25, 0.3) is 0 Å². The van der Waals surface area contributed by atoms with Crippen molar-refractivity contribution in [1.82, 2.24) is 15.2 Å². The molecule has 0 radical (unpaired) electrons. The van der Waals surface area contributed by atoms with Gasteiger partial charge in [-0.1, -0.05) is 23.7 Å². The number of halogens is 1. The van der Waals surface area contributed by atoms with Gasteiger partial charge < -0.3 is 10.6 Å². The van der Waals surface area contributed by atoms with Crippen LogP contribution in [0, 0.1) is 0 Å². The molecule has 0 spiro atoms. The van der Waals surface area contributed by atoms with Gasteiger partial charge in [-0.15, -0.1) is 11.3 Å². The van der Waals surface area contributed by atoms with Gasteiger partial charge in [0.2, 0.25) is 11.8 Å². The first kappa shape index (κ1) is 20.4. The largest absolute Gasteiger partial charge is 0.353 e. The van der Waals surface area contributed by atoms with Crippen molar-refractivity contribution in [3.8, 4) is 0 Å². The minimum absolute atomic E-state index is 0.0814. The van der Waals surface area contributed by atoms with E-state index in [2.05, 4.69) is 15.6 Å². The van der Waals surface area contributed by atoms with Crippen LogP contribution in [0.2, 0.25) is 5.02 Å². The smallest absolute Gasteiger partial charge is 0.240 e. The van der Waals surface area contributed by atoms with E-state index in [4.69, 9.17) is 11.6 Å². The Morgan fingerprint density at radius 1 is 1.27 bits per heavy atom. The molecule has 0 atom stereocenters. The summed E-state index contributed by atoms with van der Waals surface area (Å²) in [6.07, 6.45) is 2.46. The van der Waals surface area contributed by atoms with Gasteiger partial charge in [-0.2, -0.15) is 0 Å². The molecule has 0 saturated heterocycles. The summed E-state index contributed by atoms with van der Waals surface area (Å²) in [7, 11) is 1.73. The van der Waals surface area contributed by atoms with Gasteiger partial charge in [-0.25, -0.2) is 4.98 Å². The monoisotopic (exact) mass is 394 g/mol. The number of nitrogens with zero attached hydrogens (tertiary/aromatic N) is 2. The number of aromatic nitrogens is 1. The van der Waals surface area contributed by atoms with E-state index in [0.717, 1.165) is 10.4 Å². The third-order valence-electron chi connectivity index (χ3n) is 3.34. The number of rotatable bonds is 8. The van der Waals surface area contributed by atoms with Crippen LogP contribution in [0.15, 0.2) is 30.5 Å². The highest BCUT2D eigenvalue weighted by atomic mass is 35.5. The van der Waals surface area contributed by atoms with E-state index in [-0.39, 0.29) is 30.9 Å². The lowest BCUT2D eigenvalue weighted by molar-refractivity contribution is -0.123. The maximum atomic E-state index is 12.1. The quantitative estimate of drug-likeness (QED) is 0.722. The average molecular weight is 395 g/mol. The Labute approximate surface area is 162 Å². The van der Waals surface area contributed by atoms with E-state index >= 15 is 0 Å². The van der Waals surface area contributed by atoms with Gasteiger partial charge in [0.25, 0.3) is 0 Å². The molecule has 0 aliphatic carbocycles. The van der Waals surface area contributed by atoms with Crippen LogP contribution in [0.1, 0.15) is 24.3 Å². The van der Waals surface area contributed by atoms with Crippen molar-refractivity contribution in [2.45, 2.75) is 26.3 Å². The molecule has 1 aromatic carbocycles. The molecule has 8 heteroatoms. The highest BCUT2D eigenvalue weighted by Gasteiger charge is 2.13. The molecule has 0 saturated carbocycles. The summed E-state index contributed by atoms with van der Waals surface area (Å²) in [5, 5.41) is 6.82. The summed E-state index contributed by atoms with van der Waals surface area (Å²) in [6, 6.07) is 7.74. The fourth-order valence-electron chi connectivity index (χ4n) is 2.37. The van der Waals surface area contributed by atoms with Crippen molar-refractivity contribution in [2.75, 3.05) is 25.5 Å². The number of likely N-dealkylation sites (N-methyl/N-ethyl adjacent to an activating group) is 1. The second-order valence-electron chi connectivity index (χ2n) is 6.38. The van der Waals surface area contributed by atoms with Crippen molar-refractivity contribution in [3.63, 3.8) is 0 Å². The topological polar surface area (TPSA) is 74.3 Å². The fraction of sp³-hybridized carbons (Fsp3) is 0.389. The minimum atomic E-state index is -0.200. The molecular weight excluding hydrogens is 372 g/mol. The maximum Gasteiger partial charge on any atom is 0.240 e. The molecule has 0 aliphatic rings. The predicted molar refractivity (Wildman–Crippen MR) is 106 cm³/mol. The first-order chi connectivity index (χ1) is 12.3. The molecule has 6 nitrogen and oxygen atoms in total. The van der Waals surface area contributed by atoms with Crippen molar-refractivity contribution in [1.29, 1.82) is 0 Å². The second kappa shape index (κ2) is 9.66. The molecule has 1 aromatic heterocycles. The Hall–Kier alpha value is -1.96. The molecular formula is C18H23ClN4O2S. The highest BCUT2D eigenvalue weighted by molar-refractivity contribution is 7.15. The lowest BCUT2D eigenvalue weighted by atomic mass is 10.1. The fourth-order valence-corrected chi connectivity index (χ4v) is 3.44. The van der Waals surface area contributed by atoms with Crippen molar-refractivity contribution >= 4 is 39.9 Å². The van der Waals surface area contributed by atoms with E-state index in [9.17, 15) is 9.59 Å². The number of carbonyl (C=O) groups is 2. The first-order valence-corrected chi connectivity index (χ1v) is 9.48. The first-order valence-electron chi connectivity index (χ1n) is 8.28. The van der Waals surface area contributed by atoms with Crippen LogP contribution in [-0.4, -0.2) is 47.9 Å². The third kappa shape index (κ3) is 7.11. The average Bonchev–Trinajstić information content (AvgIpc) is 2.92. The van der Waals surface area contributed by atoms with Crippen molar-refractivity contribution in [2.24, 2.45) is 0 Å². The standard InChI is InChI=1S/C18H23ClN4O2S/c1-12(2)21-16(24)10-23(3)11-17(25)22-18-20-9-15(26-18)8-13-5-4-6-14(19)7-13/h4-7,9,12H,8,10-11H2,1-3H3,(H,21,24)(H,20,22,25). The SMILES string of the molecule is CC(C)NC(=O)CN(C)CC(=O)Nc1ncc(Cc2cccc(Cl)c2)s1. The zero-order valence-corrected chi connectivity index (χ0v) is 16.7. The highest BCUT2D eigenvalue weighted by Crippen LogP contribution is 2.22. The third-order valence-corrected chi connectivity index (χ3v) is 4.49. The number of carbonyl (C=O) groups excluding carboxylic acids is 2. The van der Waals surface area contributed by atoms with Crippen molar-refractivity contribution < 1.29 is 9.59 Å². The molecule has 2 amide bonds. The van der Waals surface area contributed by atoms with Crippen LogP contribution in [0.5, 0.6) is 0 Å². The number of thiazole rings is 1. The van der Waals surface area contributed by atoms with Crippen LogP contribution in [0.3, 0.4) is 0 Å². The minimum Gasteiger partial charge on any atom is -0.353 e. The van der Waals surface area contributed by atoms with Gasteiger partial charge in [0.1, 0.15) is 0 Å². The molecule has 26 heavy (non-hydrogen) atoms. The Kier molecular flexibility index (Phi) is 7.56. The van der Waals surface area contributed by atoms with E-state index in [0.29, 0.717) is 16.6 Å². The van der Waals surface area contributed by atoms with Crippen molar-refractivity contribution in [3.05, 3.63) is 45.9 Å². The lowest BCUT2D eigenvalue weighted by Crippen LogP contribution is -2.41. The van der Waals surface area contributed by atoms with Crippen LogP contribution in [-0.2, 0) is 16.0 Å².